The second-order valence-electron chi connectivity index (χ2n) is 6.41. The second kappa shape index (κ2) is 11.4. The Morgan fingerprint density at radius 1 is 1.19 bits per heavy atom. The van der Waals surface area contributed by atoms with Crippen molar-refractivity contribution in [2.24, 2.45) is 10.9 Å². The van der Waals surface area contributed by atoms with E-state index in [1.165, 1.54) is 17.0 Å². The molecule has 2 aromatic rings. The average molecular weight is 484 g/mol. The number of nitrogens with one attached hydrogen (secondary N) is 2. The molecule has 1 fully saturated rings. The van der Waals surface area contributed by atoms with E-state index in [1.54, 1.807) is 0 Å². The quantitative estimate of drug-likeness (QED) is 0.355. The highest BCUT2D eigenvalue weighted by Crippen LogP contribution is 2.23. The fourth-order valence-electron chi connectivity index (χ4n) is 3.18. The van der Waals surface area contributed by atoms with Gasteiger partial charge < -0.3 is 15.5 Å². The van der Waals surface area contributed by atoms with Crippen LogP contribution in [0.1, 0.15) is 18.2 Å². The van der Waals surface area contributed by atoms with E-state index in [2.05, 4.69) is 70.3 Å². The van der Waals surface area contributed by atoms with Crippen LogP contribution in [-0.2, 0) is 6.42 Å². The minimum Gasteiger partial charge on any atom is -0.371 e. The van der Waals surface area contributed by atoms with E-state index in [0.29, 0.717) is 5.92 Å². The lowest BCUT2D eigenvalue weighted by Gasteiger charge is -2.18. The van der Waals surface area contributed by atoms with Gasteiger partial charge in [0.15, 0.2) is 5.96 Å². The summed E-state index contributed by atoms with van der Waals surface area (Å²) in [5.41, 5.74) is 1.33. The van der Waals surface area contributed by atoms with Gasteiger partial charge in [-0.15, -0.1) is 35.3 Å². The fraction of sp³-hybridized carbons (Fsp3) is 0.450. The largest absolute Gasteiger partial charge is 0.371 e. The summed E-state index contributed by atoms with van der Waals surface area (Å²) in [7, 11) is 0. The molecule has 1 saturated heterocycles. The summed E-state index contributed by atoms with van der Waals surface area (Å²) in [5, 5.41) is 8.95. The highest BCUT2D eigenvalue weighted by atomic mass is 127. The molecule has 142 valence electrons. The summed E-state index contributed by atoms with van der Waals surface area (Å²) >= 11 is 1.81. The molecule has 1 aliphatic heterocycles. The Kier molecular flexibility index (Phi) is 9.25. The van der Waals surface area contributed by atoms with E-state index in [-0.39, 0.29) is 24.0 Å². The molecule has 1 aromatic carbocycles. The van der Waals surface area contributed by atoms with Crippen LogP contribution < -0.4 is 15.5 Å². The van der Waals surface area contributed by atoms with Gasteiger partial charge in [0, 0.05) is 43.3 Å². The van der Waals surface area contributed by atoms with Crippen LogP contribution in [0.5, 0.6) is 0 Å². The maximum Gasteiger partial charge on any atom is 0.191 e. The maximum atomic E-state index is 4.81. The van der Waals surface area contributed by atoms with Crippen molar-refractivity contribution in [3.8, 4) is 0 Å². The zero-order chi connectivity index (χ0) is 17.3. The summed E-state index contributed by atoms with van der Waals surface area (Å²) in [6, 6.07) is 15.0. The van der Waals surface area contributed by atoms with E-state index in [0.717, 1.165) is 45.1 Å². The molecule has 1 unspecified atom stereocenters. The van der Waals surface area contributed by atoms with Gasteiger partial charge in [-0.25, -0.2) is 0 Å². The molecule has 0 spiro atoms. The van der Waals surface area contributed by atoms with Crippen molar-refractivity contribution >= 4 is 47.0 Å². The molecular formula is C20H29IN4S. The average Bonchev–Trinajstić information content (AvgIpc) is 3.32. The number of aliphatic imine (C=N–C) groups is 1. The number of guanidine groups is 1. The van der Waals surface area contributed by atoms with E-state index in [4.69, 9.17) is 4.99 Å². The van der Waals surface area contributed by atoms with Gasteiger partial charge in [-0.05, 0) is 49.3 Å². The van der Waals surface area contributed by atoms with Crippen LogP contribution in [0, 0.1) is 5.92 Å². The summed E-state index contributed by atoms with van der Waals surface area (Å²) in [5.74, 6) is 1.57. The molecular weight excluding hydrogens is 455 g/mol. The fourth-order valence-corrected chi connectivity index (χ4v) is 3.89. The Hall–Kier alpha value is -1.28. The third-order valence-electron chi connectivity index (χ3n) is 4.50. The molecule has 0 radical (unpaired) electrons. The lowest BCUT2D eigenvalue weighted by Crippen LogP contribution is -2.38. The highest BCUT2D eigenvalue weighted by molar-refractivity contribution is 14.0. The first-order valence-corrected chi connectivity index (χ1v) is 10.1. The zero-order valence-electron chi connectivity index (χ0n) is 15.4. The van der Waals surface area contributed by atoms with Crippen LogP contribution in [0.3, 0.4) is 0 Å². The molecule has 6 heteroatoms. The molecule has 0 aliphatic carbocycles. The number of benzene rings is 1. The molecule has 1 aliphatic rings. The van der Waals surface area contributed by atoms with Gasteiger partial charge in [0.25, 0.3) is 0 Å². The Balaban J connectivity index is 0.00000243. The van der Waals surface area contributed by atoms with Crippen molar-refractivity contribution in [1.29, 1.82) is 0 Å². The molecule has 2 N–H and O–H groups in total. The van der Waals surface area contributed by atoms with Gasteiger partial charge in [0.1, 0.15) is 0 Å². The van der Waals surface area contributed by atoms with Crippen molar-refractivity contribution in [3.05, 3.63) is 52.7 Å². The Morgan fingerprint density at radius 2 is 2.04 bits per heavy atom. The lowest BCUT2D eigenvalue weighted by atomic mass is 10.1. The van der Waals surface area contributed by atoms with E-state index in [9.17, 15) is 0 Å². The molecule has 1 aromatic heterocycles. The number of rotatable bonds is 7. The van der Waals surface area contributed by atoms with Crippen LogP contribution in [0.25, 0.3) is 0 Å². The summed E-state index contributed by atoms with van der Waals surface area (Å²) in [6.07, 6.45) is 2.26. The van der Waals surface area contributed by atoms with Gasteiger partial charge in [0.05, 0.1) is 0 Å². The first-order valence-electron chi connectivity index (χ1n) is 9.19. The van der Waals surface area contributed by atoms with Crippen LogP contribution in [-0.4, -0.2) is 38.7 Å². The number of hydrogen-bond donors (Lipinski definition) is 2. The molecule has 1 atom stereocenters. The van der Waals surface area contributed by atoms with Crippen molar-refractivity contribution in [1.82, 2.24) is 10.6 Å². The number of hydrogen-bond acceptors (Lipinski definition) is 3. The van der Waals surface area contributed by atoms with Gasteiger partial charge in [-0.2, -0.15) is 0 Å². The molecule has 26 heavy (non-hydrogen) atoms. The van der Waals surface area contributed by atoms with Gasteiger partial charge in [-0.3, -0.25) is 4.99 Å². The number of thiophene rings is 1. The van der Waals surface area contributed by atoms with Crippen molar-refractivity contribution in [2.45, 2.75) is 19.8 Å². The highest BCUT2D eigenvalue weighted by Gasteiger charge is 2.22. The normalized spacial score (nSPS) is 17.0. The number of para-hydroxylation sites is 1. The predicted octanol–water partition coefficient (Wildman–Crippen LogP) is 3.99. The van der Waals surface area contributed by atoms with Crippen molar-refractivity contribution in [3.63, 3.8) is 0 Å². The monoisotopic (exact) mass is 484 g/mol. The minimum atomic E-state index is 0. The van der Waals surface area contributed by atoms with Gasteiger partial charge >= 0.3 is 0 Å². The van der Waals surface area contributed by atoms with Crippen molar-refractivity contribution in [2.75, 3.05) is 37.6 Å². The summed E-state index contributed by atoms with van der Waals surface area (Å²) < 4.78 is 0. The van der Waals surface area contributed by atoms with E-state index >= 15 is 0 Å². The molecule has 4 nitrogen and oxygen atoms in total. The lowest BCUT2D eigenvalue weighted by molar-refractivity contribution is 0.599. The van der Waals surface area contributed by atoms with Crippen LogP contribution in [0.2, 0.25) is 0 Å². The number of anilines is 1. The zero-order valence-corrected chi connectivity index (χ0v) is 18.5. The van der Waals surface area contributed by atoms with Crippen LogP contribution in [0.15, 0.2) is 52.8 Å². The molecule has 2 heterocycles. The Morgan fingerprint density at radius 3 is 2.77 bits per heavy atom. The smallest absolute Gasteiger partial charge is 0.191 e. The first-order chi connectivity index (χ1) is 12.3. The van der Waals surface area contributed by atoms with E-state index in [1.807, 2.05) is 11.3 Å². The standard InChI is InChI=1S/C20H28N4S.HI/c1-2-21-20(22-12-10-19-9-6-14-25-19)23-15-17-11-13-24(16-17)18-7-4-3-5-8-18;/h3-9,14,17H,2,10-13,15-16H2,1H3,(H2,21,22,23);1H. The Labute approximate surface area is 178 Å². The Bertz CT molecular complexity index is 645. The second-order valence-corrected chi connectivity index (χ2v) is 7.44. The predicted molar refractivity (Wildman–Crippen MR) is 124 cm³/mol. The summed E-state index contributed by atoms with van der Waals surface area (Å²) in [6.45, 7) is 7.05. The molecule has 0 saturated carbocycles. The van der Waals surface area contributed by atoms with Crippen LogP contribution >= 0.6 is 35.3 Å². The maximum absolute atomic E-state index is 4.81. The van der Waals surface area contributed by atoms with Gasteiger partial charge in [0.2, 0.25) is 0 Å². The van der Waals surface area contributed by atoms with Gasteiger partial charge in [-0.1, -0.05) is 24.3 Å². The topological polar surface area (TPSA) is 39.7 Å². The van der Waals surface area contributed by atoms with Crippen molar-refractivity contribution < 1.29 is 0 Å². The SMILES string of the molecule is CCNC(=NCC1CCN(c2ccccc2)C1)NCCc1cccs1.I. The number of halogens is 1. The molecule has 0 amide bonds. The summed E-state index contributed by atoms with van der Waals surface area (Å²) in [4.78, 5) is 8.70. The third kappa shape index (κ3) is 6.46. The first kappa shape index (κ1) is 21.0. The minimum absolute atomic E-state index is 0. The van der Waals surface area contributed by atoms with Crippen LogP contribution in [0.4, 0.5) is 5.69 Å². The third-order valence-corrected chi connectivity index (χ3v) is 5.44. The molecule has 3 rings (SSSR count). The molecule has 0 bridgehead atoms. The van der Waals surface area contributed by atoms with E-state index < -0.39 is 0 Å². The number of nitrogens with zero attached hydrogens (tertiary/aromatic N) is 2.